The summed E-state index contributed by atoms with van der Waals surface area (Å²) in [5.74, 6) is 1.70. The molecular weight excluding hydrogens is 316 g/mol. The molecule has 2 heterocycles. The van der Waals surface area contributed by atoms with E-state index in [1.165, 1.54) is 0 Å². The average Bonchev–Trinajstić information content (AvgIpc) is 3.30. The number of benzene rings is 1. The second-order valence-electron chi connectivity index (χ2n) is 6.20. The number of ether oxygens (including phenoxy) is 2. The Morgan fingerprint density at radius 2 is 2.00 bits per heavy atom. The molecule has 0 saturated carbocycles. The third kappa shape index (κ3) is 4.35. The fourth-order valence-electron chi connectivity index (χ4n) is 3.33. The van der Waals surface area contributed by atoms with E-state index in [-0.39, 0.29) is 11.9 Å². The van der Waals surface area contributed by atoms with E-state index >= 15 is 0 Å². The largest absolute Gasteiger partial charge is 0.490 e. The first-order valence-electron chi connectivity index (χ1n) is 9.07. The van der Waals surface area contributed by atoms with Crippen molar-refractivity contribution in [3.05, 3.63) is 48.3 Å². The SMILES string of the molecule is CCOc1ccccc1OCCCC(=O)N1CCCC1c1ccc[nH]1. The number of nitrogens with zero attached hydrogens (tertiary/aromatic N) is 1. The number of amides is 1. The molecule has 0 spiro atoms. The molecule has 1 amide bonds. The van der Waals surface area contributed by atoms with E-state index in [9.17, 15) is 4.79 Å². The molecule has 1 fully saturated rings. The first-order chi connectivity index (χ1) is 12.3. The zero-order valence-electron chi connectivity index (χ0n) is 14.7. The number of carbonyl (C=O) groups excluding carboxylic acids is 1. The maximum absolute atomic E-state index is 12.6. The first kappa shape index (κ1) is 17.4. The van der Waals surface area contributed by atoms with Gasteiger partial charge in [-0.15, -0.1) is 0 Å². The Morgan fingerprint density at radius 1 is 1.20 bits per heavy atom. The molecule has 0 aliphatic carbocycles. The fraction of sp³-hybridized carbons (Fsp3) is 0.450. The normalized spacial score (nSPS) is 16.8. The molecule has 25 heavy (non-hydrogen) atoms. The lowest BCUT2D eigenvalue weighted by molar-refractivity contribution is -0.132. The molecule has 0 bridgehead atoms. The van der Waals surface area contributed by atoms with Gasteiger partial charge in [0.2, 0.25) is 5.91 Å². The maximum Gasteiger partial charge on any atom is 0.223 e. The molecule has 1 aliphatic heterocycles. The zero-order valence-corrected chi connectivity index (χ0v) is 14.7. The maximum atomic E-state index is 12.6. The number of para-hydroxylation sites is 2. The van der Waals surface area contributed by atoms with Crippen LogP contribution in [0, 0.1) is 0 Å². The summed E-state index contributed by atoms with van der Waals surface area (Å²) in [6, 6.07) is 11.9. The molecular formula is C20H26N2O3. The van der Waals surface area contributed by atoms with Crippen LogP contribution < -0.4 is 9.47 Å². The van der Waals surface area contributed by atoms with Crippen molar-refractivity contribution in [1.82, 2.24) is 9.88 Å². The van der Waals surface area contributed by atoms with Gasteiger partial charge in [0.1, 0.15) is 0 Å². The lowest BCUT2D eigenvalue weighted by atomic mass is 10.1. The van der Waals surface area contributed by atoms with Crippen molar-refractivity contribution in [2.45, 2.75) is 38.6 Å². The van der Waals surface area contributed by atoms with Crippen molar-refractivity contribution in [3.63, 3.8) is 0 Å². The molecule has 5 heteroatoms. The number of hydrogen-bond acceptors (Lipinski definition) is 3. The minimum atomic E-state index is 0.196. The van der Waals surface area contributed by atoms with Crippen LogP contribution in [0.2, 0.25) is 0 Å². The molecule has 1 N–H and O–H groups in total. The highest BCUT2D eigenvalue weighted by molar-refractivity contribution is 5.77. The van der Waals surface area contributed by atoms with Crippen LogP contribution >= 0.6 is 0 Å². The van der Waals surface area contributed by atoms with Crippen molar-refractivity contribution >= 4 is 5.91 Å². The van der Waals surface area contributed by atoms with E-state index in [0.29, 0.717) is 26.1 Å². The van der Waals surface area contributed by atoms with Crippen molar-refractivity contribution in [1.29, 1.82) is 0 Å². The highest BCUT2D eigenvalue weighted by atomic mass is 16.5. The number of H-pyrrole nitrogens is 1. The number of aromatic amines is 1. The number of likely N-dealkylation sites (tertiary alicyclic amines) is 1. The van der Waals surface area contributed by atoms with Gasteiger partial charge >= 0.3 is 0 Å². The van der Waals surface area contributed by atoms with Crippen molar-refractivity contribution in [2.24, 2.45) is 0 Å². The Morgan fingerprint density at radius 3 is 2.72 bits per heavy atom. The Kier molecular flexibility index (Phi) is 5.99. The van der Waals surface area contributed by atoms with Crippen molar-refractivity contribution in [3.8, 4) is 11.5 Å². The first-order valence-corrected chi connectivity index (χ1v) is 9.07. The predicted molar refractivity (Wildman–Crippen MR) is 96.8 cm³/mol. The standard InChI is InChI=1S/C20H26N2O3/c1-2-24-18-10-3-4-11-19(18)25-15-7-12-20(23)22-14-6-9-17(22)16-8-5-13-21-16/h3-5,8,10-11,13,17,21H,2,6-7,9,12,14-15H2,1H3. The molecule has 1 atom stereocenters. The second-order valence-corrected chi connectivity index (χ2v) is 6.20. The molecule has 1 saturated heterocycles. The molecule has 1 aliphatic rings. The predicted octanol–water partition coefficient (Wildman–Crippen LogP) is 3.94. The van der Waals surface area contributed by atoms with Gasteiger partial charge in [0.15, 0.2) is 11.5 Å². The summed E-state index contributed by atoms with van der Waals surface area (Å²) >= 11 is 0. The molecule has 3 rings (SSSR count). The molecule has 1 unspecified atom stereocenters. The minimum Gasteiger partial charge on any atom is -0.490 e. The van der Waals surface area contributed by atoms with E-state index in [1.807, 2.05) is 48.4 Å². The lowest BCUT2D eigenvalue weighted by Gasteiger charge is -2.24. The van der Waals surface area contributed by atoms with Crippen LogP contribution in [-0.4, -0.2) is 35.5 Å². The molecule has 2 aromatic rings. The Labute approximate surface area is 148 Å². The van der Waals surface area contributed by atoms with Crippen LogP contribution in [0.4, 0.5) is 0 Å². The van der Waals surface area contributed by atoms with Gasteiger partial charge in [0, 0.05) is 24.9 Å². The van der Waals surface area contributed by atoms with Crippen LogP contribution in [-0.2, 0) is 4.79 Å². The third-order valence-corrected chi connectivity index (χ3v) is 4.50. The number of carbonyl (C=O) groups is 1. The van der Waals surface area contributed by atoms with Gasteiger partial charge in [0.05, 0.1) is 19.3 Å². The zero-order chi connectivity index (χ0) is 17.5. The Bertz CT molecular complexity index is 669. The van der Waals surface area contributed by atoms with Crippen molar-refractivity contribution < 1.29 is 14.3 Å². The average molecular weight is 342 g/mol. The monoisotopic (exact) mass is 342 g/mol. The highest BCUT2D eigenvalue weighted by Gasteiger charge is 2.29. The summed E-state index contributed by atoms with van der Waals surface area (Å²) in [5, 5.41) is 0. The molecule has 1 aromatic carbocycles. The summed E-state index contributed by atoms with van der Waals surface area (Å²) in [5.41, 5.74) is 1.13. The van der Waals surface area contributed by atoms with E-state index < -0.39 is 0 Å². The van der Waals surface area contributed by atoms with Crippen LogP contribution in [0.1, 0.15) is 44.3 Å². The summed E-state index contributed by atoms with van der Waals surface area (Å²) in [4.78, 5) is 17.8. The number of hydrogen-bond donors (Lipinski definition) is 1. The molecule has 0 radical (unpaired) electrons. The summed E-state index contributed by atoms with van der Waals surface area (Å²) in [6.07, 6.45) is 5.22. The summed E-state index contributed by atoms with van der Waals surface area (Å²) in [7, 11) is 0. The van der Waals surface area contributed by atoms with Crippen LogP contribution in [0.3, 0.4) is 0 Å². The number of nitrogens with one attached hydrogen (secondary N) is 1. The van der Waals surface area contributed by atoms with Gasteiger partial charge in [0.25, 0.3) is 0 Å². The second kappa shape index (κ2) is 8.60. The van der Waals surface area contributed by atoms with Crippen LogP contribution in [0.15, 0.2) is 42.6 Å². The van der Waals surface area contributed by atoms with Gasteiger partial charge in [-0.3, -0.25) is 4.79 Å². The smallest absolute Gasteiger partial charge is 0.223 e. The van der Waals surface area contributed by atoms with Gasteiger partial charge in [-0.25, -0.2) is 0 Å². The summed E-state index contributed by atoms with van der Waals surface area (Å²) in [6.45, 7) is 3.91. The molecule has 1 aromatic heterocycles. The van der Waals surface area contributed by atoms with E-state index in [1.54, 1.807) is 0 Å². The minimum absolute atomic E-state index is 0.196. The van der Waals surface area contributed by atoms with Gasteiger partial charge in [-0.2, -0.15) is 0 Å². The summed E-state index contributed by atoms with van der Waals surface area (Å²) < 4.78 is 11.3. The van der Waals surface area contributed by atoms with Gasteiger partial charge in [-0.05, 0) is 50.5 Å². The lowest BCUT2D eigenvalue weighted by Crippen LogP contribution is -2.30. The van der Waals surface area contributed by atoms with Gasteiger partial charge < -0.3 is 19.4 Å². The highest BCUT2D eigenvalue weighted by Crippen LogP contribution is 2.31. The van der Waals surface area contributed by atoms with E-state index in [0.717, 1.165) is 36.6 Å². The number of aromatic nitrogens is 1. The van der Waals surface area contributed by atoms with Crippen LogP contribution in [0.25, 0.3) is 0 Å². The van der Waals surface area contributed by atoms with E-state index in [2.05, 4.69) is 11.1 Å². The van der Waals surface area contributed by atoms with Gasteiger partial charge in [-0.1, -0.05) is 12.1 Å². The topological polar surface area (TPSA) is 54.6 Å². The molecule has 5 nitrogen and oxygen atoms in total. The Balaban J connectivity index is 1.47. The third-order valence-electron chi connectivity index (χ3n) is 4.50. The molecule has 134 valence electrons. The van der Waals surface area contributed by atoms with E-state index in [4.69, 9.17) is 9.47 Å². The quantitative estimate of drug-likeness (QED) is 0.739. The van der Waals surface area contributed by atoms with Crippen LogP contribution in [0.5, 0.6) is 11.5 Å². The van der Waals surface area contributed by atoms with Crippen molar-refractivity contribution in [2.75, 3.05) is 19.8 Å². The fourth-order valence-corrected chi connectivity index (χ4v) is 3.33. The Hall–Kier alpha value is -2.43. The number of rotatable bonds is 8.